The molecule has 0 fully saturated rings. The summed E-state index contributed by atoms with van der Waals surface area (Å²) >= 11 is 0. The zero-order valence-corrected chi connectivity index (χ0v) is 17.4. The van der Waals surface area contributed by atoms with Gasteiger partial charge in [-0.3, -0.25) is 0 Å². The fraction of sp³-hybridized carbons (Fsp3) is 0.259. The Balaban J connectivity index is 1.84. The van der Waals surface area contributed by atoms with Gasteiger partial charge in [-0.1, -0.05) is 68.3 Å². The van der Waals surface area contributed by atoms with Crippen LogP contribution in [0.5, 0.6) is 5.75 Å². The van der Waals surface area contributed by atoms with Gasteiger partial charge in [0.05, 0.1) is 12.8 Å². The zero-order valence-electron chi connectivity index (χ0n) is 17.4. The molecule has 0 saturated carbocycles. The quantitative estimate of drug-likeness (QED) is 0.341. The van der Waals surface area contributed by atoms with Crippen LogP contribution in [-0.2, 0) is 0 Å². The Morgan fingerprint density at radius 1 is 0.897 bits per heavy atom. The first-order chi connectivity index (χ1) is 14.2. The summed E-state index contributed by atoms with van der Waals surface area (Å²) in [5.74, 6) is 1.34. The molecule has 0 spiro atoms. The number of ether oxygens (including phenoxy) is 1. The molecule has 0 saturated heterocycles. The Bertz CT molecular complexity index is 1210. The lowest BCUT2D eigenvalue weighted by Crippen LogP contribution is -2.22. The Labute approximate surface area is 172 Å². The molecule has 0 amide bonds. The van der Waals surface area contributed by atoms with Crippen molar-refractivity contribution in [2.45, 2.75) is 32.1 Å². The minimum absolute atomic E-state index is 0.398. The van der Waals surface area contributed by atoms with Gasteiger partial charge in [0.2, 0.25) is 0 Å². The molecule has 1 unspecified atom stereocenters. The Kier molecular flexibility index (Phi) is 4.43. The highest BCUT2D eigenvalue weighted by Crippen LogP contribution is 2.51. The molecule has 5 rings (SSSR count). The SMILES string of the molecule is CCCCC1c2cc(OC)ccc2N(C)c2c1ccc1ccc3ccccc3c21. The highest BCUT2D eigenvalue weighted by Gasteiger charge is 2.30. The van der Waals surface area contributed by atoms with E-state index in [1.54, 1.807) is 7.11 Å². The van der Waals surface area contributed by atoms with Gasteiger partial charge in [0.1, 0.15) is 5.75 Å². The van der Waals surface area contributed by atoms with E-state index in [4.69, 9.17) is 4.74 Å². The third kappa shape index (κ3) is 2.78. The molecule has 0 radical (unpaired) electrons. The summed E-state index contributed by atoms with van der Waals surface area (Å²) in [5, 5.41) is 5.30. The second kappa shape index (κ2) is 7.11. The van der Waals surface area contributed by atoms with E-state index in [0.29, 0.717) is 5.92 Å². The number of benzene rings is 4. The molecular weight excluding hydrogens is 354 g/mol. The monoisotopic (exact) mass is 381 g/mol. The molecule has 0 aromatic heterocycles. The van der Waals surface area contributed by atoms with Crippen LogP contribution in [0.3, 0.4) is 0 Å². The first kappa shape index (κ1) is 18.1. The maximum Gasteiger partial charge on any atom is 0.119 e. The van der Waals surface area contributed by atoms with Gasteiger partial charge in [0, 0.05) is 24.0 Å². The molecule has 1 aliphatic heterocycles. The van der Waals surface area contributed by atoms with Crippen LogP contribution >= 0.6 is 0 Å². The summed E-state index contributed by atoms with van der Waals surface area (Å²) in [6, 6.07) is 24.4. The van der Waals surface area contributed by atoms with Gasteiger partial charge in [-0.15, -0.1) is 0 Å². The number of rotatable bonds is 4. The van der Waals surface area contributed by atoms with Crippen molar-refractivity contribution in [3.8, 4) is 5.75 Å². The number of methoxy groups -OCH3 is 1. The van der Waals surface area contributed by atoms with Crippen LogP contribution in [0.25, 0.3) is 21.5 Å². The Morgan fingerprint density at radius 3 is 2.52 bits per heavy atom. The molecule has 2 nitrogen and oxygen atoms in total. The van der Waals surface area contributed by atoms with Gasteiger partial charge in [0.15, 0.2) is 0 Å². The van der Waals surface area contributed by atoms with Gasteiger partial charge >= 0.3 is 0 Å². The van der Waals surface area contributed by atoms with E-state index in [2.05, 4.69) is 85.6 Å². The van der Waals surface area contributed by atoms with Crippen molar-refractivity contribution in [3.63, 3.8) is 0 Å². The molecule has 2 heteroatoms. The van der Waals surface area contributed by atoms with Gasteiger partial charge in [-0.25, -0.2) is 0 Å². The summed E-state index contributed by atoms with van der Waals surface area (Å²) in [7, 11) is 3.96. The minimum Gasteiger partial charge on any atom is -0.497 e. The standard InChI is InChI=1S/C27H27NO/c1-4-5-9-22-23-15-13-19-12-11-18-8-6-7-10-21(18)26(19)27(23)28(2)25-16-14-20(29-3)17-24(22)25/h6-8,10-17,22H,4-5,9H2,1-3H3. The van der Waals surface area contributed by atoms with Crippen LogP contribution in [0, 0.1) is 0 Å². The molecule has 0 aliphatic carbocycles. The van der Waals surface area contributed by atoms with E-state index < -0.39 is 0 Å². The highest BCUT2D eigenvalue weighted by atomic mass is 16.5. The topological polar surface area (TPSA) is 12.5 Å². The Hall–Kier alpha value is -3.00. The van der Waals surface area contributed by atoms with Crippen molar-refractivity contribution in [1.29, 1.82) is 0 Å². The van der Waals surface area contributed by atoms with E-state index in [0.717, 1.165) is 12.2 Å². The van der Waals surface area contributed by atoms with Crippen molar-refractivity contribution in [3.05, 3.63) is 77.9 Å². The molecule has 4 aromatic rings. The van der Waals surface area contributed by atoms with E-state index in [9.17, 15) is 0 Å². The number of nitrogens with zero attached hydrogens (tertiary/aromatic N) is 1. The van der Waals surface area contributed by atoms with Crippen LogP contribution in [0.2, 0.25) is 0 Å². The molecule has 29 heavy (non-hydrogen) atoms. The predicted octanol–water partition coefficient (Wildman–Crippen LogP) is 7.41. The Morgan fingerprint density at radius 2 is 1.69 bits per heavy atom. The lowest BCUT2D eigenvalue weighted by atomic mass is 9.80. The van der Waals surface area contributed by atoms with Crippen LogP contribution in [-0.4, -0.2) is 14.2 Å². The van der Waals surface area contributed by atoms with Crippen molar-refractivity contribution < 1.29 is 4.74 Å². The average Bonchev–Trinajstić information content (AvgIpc) is 2.78. The average molecular weight is 382 g/mol. The highest BCUT2D eigenvalue weighted by molar-refractivity contribution is 6.15. The smallest absolute Gasteiger partial charge is 0.119 e. The van der Waals surface area contributed by atoms with E-state index in [1.807, 2.05) is 0 Å². The molecule has 1 atom stereocenters. The van der Waals surface area contributed by atoms with E-state index >= 15 is 0 Å². The normalized spacial score (nSPS) is 15.4. The molecule has 0 bridgehead atoms. The fourth-order valence-electron chi connectivity index (χ4n) is 4.99. The van der Waals surface area contributed by atoms with Crippen molar-refractivity contribution in [2.24, 2.45) is 0 Å². The second-order valence-corrected chi connectivity index (χ2v) is 8.07. The molecule has 1 heterocycles. The third-order valence-corrected chi connectivity index (χ3v) is 6.44. The second-order valence-electron chi connectivity index (χ2n) is 8.07. The maximum atomic E-state index is 5.57. The van der Waals surface area contributed by atoms with Crippen molar-refractivity contribution >= 4 is 32.9 Å². The summed E-state index contributed by atoms with van der Waals surface area (Å²) in [6.07, 6.45) is 3.59. The molecule has 146 valence electrons. The van der Waals surface area contributed by atoms with Crippen molar-refractivity contribution in [1.82, 2.24) is 0 Å². The minimum atomic E-state index is 0.398. The van der Waals surface area contributed by atoms with E-state index in [-0.39, 0.29) is 0 Å². The van der Waals surface area contributed by atoms with E-state index in [1.165, 1.54) is 56.9 Å². The van der Waals surface area contributed by atoms with Crippen molar-refractivity contribution in [2.75, 3.05) is 19.1 Å². The summed E-state index contributed by atoms with van der Waals surface area (Å²) < 4.78 is 5.57. The largest absolute Gasteiger partial charge is 0.497 e. The number of hydrogen-bond donors (Lipinski definition) is 0. The zero-order chi connectivity index (χ0) is 20.0. The summed E-state index contributed by atoms with van der Waals surface area (Å²) in [5.41, 5.74) is 5.47. The maximum absolute atomic E-state index is 5.57. The number of anilines is 2. The summed E-state index contributed by atoms with van der Waals surface area (Å²) in [4.78, 5) is 2.39. The number of hydrogen-bond acceptors (Lipinski definition) is 2. The molecule has 4 aromatic carbocycles. The molecule has 0 N–H and O–H groups in total. The lowest BCUT2D eigenvalue weighted by Gasteiger charge is -2.37. The first-order valence-electron chi connectivity index (χ1n) is 10.6. The van der Waals surface area contributed by atoms with Gasteiger partial charge in [-0.2, -0.15) is 0 Å². The van der Waals surface area contributed by atoms with Crippen LogP contribution in [0.1, 0.15) is 43.2 Å². The predicted molar refractivity (Wildman–Crippen MR) is 124 cm³/mol. The van der Waals surface area contributed by atoms with Crippen LogP contribution < -0.4 is 9.64 Å². The summed E-state index contributed by atoms with van der Waals surface area (Å²) in [6.45, 7) is 2.27. The first-order valence-corrected chi connectivity index (χ1v) is 10.6. The number of fused-ring (bicyclic) bond motifs is 6. The third-order valence-electron chi connectivity index (χ3n) is 6.44. The number of unbranched alkanes of at least 4 members (excludes halogenated alkanes) is 1. The van der Waals surface area contributed by atoms with Gasteiger partial charge in [-0.05, 0) is 51.9 Å². The lowest BCUT2D eigenvalue weighted by molar-refractivity contribution is 0.414. The molecule has 1 aliphatic rings. The molecular formula is C27H27NO. The van der Waals surface area contributed by atoms with Crippen LogP contribution in [0.4, 0.5) is 11.4 Å². The fourth-order valence-corrected chi connectivity index (χ4v) is 4.99. The van der Waals surface area contributed by atoms with Gasteiger partial charge in [0.25, 0.3) is 0 Å². The van der Waals surface area contributed by atoms with Crippen LogP contribution in [0.15, 0.2) is 66.7 Å². The van der Waals surface area contributed by atoms with Gasteiger partial charge < -0.3 is 9.64 Å².